The summed E-state index contributed by atoms with van der Waals surface area (Å²) in [7, 11) is 1.61. The van der Waals surface area contributed by atoms with Gasteiger partial charge in [0.1, 0.15) is 5.75 Å². The second-order valence-electron chi connectivity index (χ2n) is 8.82. The van der Waals surface area contributed by atoms with Crippen molar-refractivity contribution in [1.82, 2.24) is 4.90 Å². The van der Waals surface area contributed by atoms with Gasteiger partial charge in [0.15, 0.2) is 5.17 Å². The molecule has 37 heavy (non-hydrogen) atoms. The molecule has 1 saturated heterocycles. The first-order valence-corrected chi connectivity index (χ1v) is 13.1. The molecule has 2 amide bonds. The van der Waals surface area contributed by atoms with Gasteiger partial charge in [-0.25, -0.2) is 4.99 Å². The third kappa shape index (κ3) is 5.39. The molecule has 8 heteroatoms. The zero-order chi connectivity index (χ0) is 25.8. The number of allylic oxidation sites excluding steroid dienone is 1. The predicted molar refractivity (Wildman–Crippen MR) is 149 cm³/mol. The first kappa shape index (κ1) is 24.6. The fourth-order valence-electron chi connectivity index (χ4n) is 4.52. The molecule has 2 aliphatic heterocycles. The Bertz CT molecular complexity index is 1350. The maximum atomic E-state index is 13.6. The number of ether oxygens (including phenoxy) is 1. The van der Waals surface area contributed by atoms with Gasteiger partial charge in [-0.3, -0.25) is 9.59 Å². The van der Waals surface area contributed by atoms with Crippen molar-refractivity contribution in [2.24, 2.45) is 4.99 Å². The predicted octanol–water partition coefficient (Wildman–Crippen LogP) is 5.71. The summed E-state index contributed by atoms with van der Waals surface area (Å²) in [6.45, 7) is 2.71. The number of hydrogen-bond donors (Lipinski definition) is 2. The van der Waals surface area contributed by atoms with Crippen LogP contribution in [0.3, 0.4) is 0 Å². The molecule has 5 rings (SSSR count). The number of hydrogen-bond acceptors (Lipinski definition) is 6. The van der Waals surface area contributed by atoms with Crippen LogP contribution in [-0.4, -0.2) is 41.3 Å². The van der Waals surface area contributed by atoms with Gasteiger partial charge in [0, 0.05) is 29.2 Å². The third-order valence-corrected chi connectivity index (χ3v) is 7.45. The lowest BCUT2D eigenvalue weighted by atomic mass is 9.93. The highest BCUT2D eigenvalue weighted by molar-refractivity contribution is 8.13. The standard InChI is InChI=1S/C29H28N4O3S/c1-19-25(28(35)32-23-13-15-24(36-2)16-14-23)26(33-17-6-18-37-29(33)30-19)20-9-11-22(12-10-20)31-27(34)21-7-4-3-5-8-21/h3-5,7-16,26H,6,17-18H2,1-2H3,(H,31,34)(H,32,35). The number of benzene rings is 3. The van der Waals surface area contributed by atoms with Gasteiger partial charge in [-0.2, -0.15) is 0 Å². The maximum absolute atomic E-state index is 13.6. The van der Waals surface area contributed by atoms with Crippen molar-refractivity contribution < 1.29 is 14.3 Å². The average molecular weight is 513 g/mol. The lowest BCUT2D eigenvalue weighted by Crippen LogP contribution is -2.43. The number of carbonyl (C=O) groups is 2. The maximum Gasteiger partial charge on any atom is 0.255 e. The Morgan fingerprint density at radius 2 is 1.57 bits per heavy atom. The van der Waals surface area contributed by atoms with Gasteiger partial charge in [-0.05, 0) is 67.4 Å². The van der Waals surface area contributed by atoms with E-state index in [-0.39, 0.29) is 17.9 Å². The van der Waals surface area contributed by atoms with Crippen LogP contribution in [0.5, 0.6) is 5.75 Å². The van der Waals surface area contributed by atoms with Gasteiger partial charge in [-0.1, -0.05) is 42.1 Å². The number of amides is 2. The molecule has 7 nitrogen and oxygen atoms in total. The Labute approximate surface area is 220 Å². The second kappa shape index (κ2) is 10.9. The van der Waals surface area contributed by atoms with Gasteiger partial charge in [0.05, 0.1) is 24.4 Å². The molecular formula is C29H28N4O3S. The van der Waals surface area contributed by atoms with Crippen LogP contribution in [0.25, 0.3) is 0 Å². The number of nitrogens with zero attached hydrogens (tertiary/aromatic N) is 2. The Kier molecular flexibility index (Phi) is 7.28. The number of fused-ring (bicyclic) bond motifs is 1. The lowest BCUT2D eigenvalue weighted by molar-refractivity contribution is -0.113. The van der Waals surface area contributed by atoms with Crippen LogP contribution < -0.4 is 15.4 Å². The van der Waals surface area contributed by atoms with Gasteiger partial charge in [0.25, 0.3) is 11.8 Å². The largest absolute Gasteiger partial charge is 0.497 e. The molecule has 0 aromatic heterocycles. The molecule has 1 fully saturated rings. The normalized spacial score (nSPS) is 17.0. The molecule has 3 aromatic carbocycles. The Hall–Kier alpha value is -4.04. The van der Waals surface area contributed by atoms with E-state index in [0.29, 0.717) is 28.2 Å². The lowest BCUT2D eigenvalue weighted by Gasteiger charge is -2.41. The molecule has 0 radical (unpaired) electrons. The van der Waals surface area contributed by atoms with Crippen LogP contribution in [0.1, 0.15) is 35.3 Å². The molecule has 0 bridgehead atoms. The summed E-state index contributed by atoms with van der Waals surface area (Å²) < 4.78 is 5.23. The van der Waals surface area contributed by atoms with Crippen molar-refractivity contribution in [3.8, 4) is 5.75 Å². The van der Waals surface area contributed by atoms with Gasteiger partial charge in [0.2, 0.25) is 0 Å². The van der Waals surface area contributed by atoms with E-state index in [9.17, 15) is 9.59 Å². The first-order chi connectivity index (χ1) is 18.0. The van der Waals surface area contributed by atoms with Gasteiger partial charge < -0.3 is 20.3 Å². The fourth-order valence-corrected chi connectivity index (χ4v) is 5.54. The minimum atomic E-state index is -0.280. The number of thioether (sulfide) groups is 1. The summed E-state index contributed by atoms with van der Waals surface area (Å²) in [4.78, 5) is 33.2. The quantitative estimate of drug-likeness (QED) is 0.442. The number of carbonyl (C=O) groups excluding carboxylic acids is 2. The third-order valence-electron chi connectivity index (χ3n) is 6.37. The Balaban J connectivity index is 1.42. The van der Waals surface area contributed by atoms with Crippen molar-refractivity contribution in [2.45, 2.75) is 19.4 Å². The summed E-state index contributed by atoms with van der Waals surface area (Å²) in [5, 5.41) is 6.92. The zero-order valence-electron chi connectivity index (χ0n) is 20.7. The van der Waals surface area contributed by atoms with Crippen LogP contribution in [-0.2, 0) is 4.79 Å². The molecule has 0 aliphatic carbocycles. The van der Waals surface area contributed by atoms with Crippen LogP contribution in [0.15, 0.2) is 95.1 Å². The van der Waals surface area contributed by atoms with Crippen molar-refractivity contribution in [2.75, 3.05) is 30.0 Å². The van der Waals surface area contributed by atoms with E-state index in [1.165, 1.54) is 0 Å². The highest BCUT2D eigenvalue weighted by atomic mass is 32.2. The van der Waals surface area contributed by atoms with Gasteiger partial charge >= 0.3 is 0 Å². The second-order valence-corrected chi connectivity index (χ2v) is 9.88. The van der Waals surface area contributed by atoms with E-state index in [4.69, 9.17) is 9.73 Å². The van der Waals surface area contributed by atoms with Crippen molar-refractivity contribution >= 4 is 40.1 Å². The monoisotopic (exact) mass is 512 g/mol. The Morgan fingerprint density at radius 3 is 2.24 bits per heavy atom. The number of anilines is 2. The minimum absolute atomic E-state index is 0.164. The van der Waals surface area contributed by atoms with Crippen molar-refractivity contribution in [3.05, 3.63) is 101 Å². The first-order valence-electron chi connectivity index (χ1n) is 12.1. The number of amidine groups is 1. The molecule has 2 N–H and O–H groups in total. The number of methoxy groups -OCH3 is 1. The molecule has 1 unspecified atom stereocenters. The fraction of sp³-hybridized carbons (Fsp3) is 0.207. The van der Waals surface area contributed by atoms with Crippen molar-refractivity contribution in [1.29, 1.82) is 0 Å². The van der Waals surface area contributed by atoms with E-state index in [1.54, 1.807) is 31.0 Å². The average Bonchev–Trinajstić information content (AvgIpc) is 2.93. The van der Waals surface area contributed by atoms with Crippen LogP contribution in [0.4, 0.5) is 11.4 Å². The molecule has 0 spiro atoms. The smallest absolute Gasteiger partial charge is 0.255 e. The van der Waals surface area contributed by atoms with Crippen LogP contribution >= 0.6 is 11.8 Å². The summed E-state index contributed by atoms with van der Waals surface area (Å²) in [6, 6.07) is 23.8. The summed E-state index contributed by atoms with van der Waals surface area (Å²) in [5.74, 6) is 1.38. The summed E-state index contributed by atoms with van der Waals surface area (Å²) in [5.41, 5.74) is 4.26. The molecule has 188 valence electrons. The molecule has 2 heterocycles. The topological polar surface area (TPSA) is 83.0 Å². The highest BCUT2D eigenvalue weighted by Crippen LogP contribution is 2.40. The zero-order valence-corrected chi connectivity index (χ0v) is 21.5. The van der Waals surface area contributed by atoms with E-state index >= 15 is 0 Å². The molecule has 0 saturated carbocycles. The van der Waals surface area contributed by atoms with E-state index in [0.717, 1.165) is 35.2 Å². The van der Waals surface area contributed by atoms with E-state index in [1.807, 2.05) is 73.7 Å². The SMILES string of the molecule is COc1ccc(NC(=O)C2=C(C)N=C3SCCCN3C2c2ccc(NC(=O)c3ccccc3)cc2)cc1. The van der Waals surface area contributed by atoms with Crippen LogP contribution in [0.2, 0.25) is 0 Å². The minimum Gasteiger partial charge on any atom is -0.497 e. The number of aliphatic imine (C=N–C) groups is 1. The van der Waals surface area contributed by atoms with E-state index < -0.39 is 0 Å². The highest BCUT2D eigenvalue weighted by Gasteiger charge is 2.37. The molecule has 1 atom stereocenters. The molecule has 3 aromatic rings. The summed E-state index contributed by atoms with van der Waals surface area (Å²) >= 11 is 1.72. The van der Waals surface area contributed by atoms with Crippen LogP contribution in [0, 0.1) is 0 Å². The van der Waals surface area contributed by atoms with Crippen molar-refractivity contribution in [3.63, 3.8) is 0 Å². The van der Waals surface area contributed by atoms with Gasteiger partial charge in [-0.15, -0.1) is 0 Å². The molecular weight excluding hydrogens is 484 g/mol. The molecule has 2 aliphatic rings. The Morgan fingerprint density at radius 1 is 0.919 bits per heavy atom. The number of rotatable bonds is 6. The summed E-state index contributed by atoms with van der Waals surface area (Å²) in [6.07, 6.45) is 1.01. The number of nitrogens with one attached hydrogen (secondary N) is 2. The van der Waals surface area contributed by atoms with E-state index in [2.05, 4.69) is 15.5 Å².